The molecule has 0 unspecified atom stereocenters. The summed E-state index contributed by atoms with van der Waals surface area (Å²) in [5, 5.41) is 21.2. The van der Waals surface area contributed by atoms with Gasteiger partial charge in [0.15, 0.2) is 0 Å². The molecule has 0 bridgehead atoms. The highest BCUT2D eigenvalue weighted by atomic mass is 35.5. The van der Waals surface area contributed by atoms with Crippen molar-refractivity contribution in [2.24, 2.45) is 0 Å². The molecule has 6 nitrogen and oxygen atoms in total. The van der Waals surface area contributed by atoms with Crippen molar-refractivity contribution >= 4 is 23.3 Å². The summed E-state index contributed by atoms with van der Waals surface area (Å²) < 4.78 is 0. The monoisotopic (exact) mass is 265 g/mol. The molecule has 3 N–H and O–H groups in total. The largest absolute Gasteiger partial charge is 0.508 e. The highest BCUT2D eigenvalue weighted by Gasteiger charge is 2.12. The summed E-state index contributed by atoms with van der Waals surface area (Å²) in [6.07, 6.45) is 1.38. The van der Waals surface area contributed by atoms with Crippen LogP contribution in [0.1, 0.15) is 10.4 Å². The second-order valence-electron chi connectivity index (χ2n) is 3.37. The third-order valence-corrected chi connectivity index (χ3v) is 2.27. The summed E-state index contributed by atoms with van der Waals surface area (Å²) in [7, 11) is 0. The van der Waals surface area contributed by atoms with Gasteiger partial charge in [-0.3, -0.25) is 4.79 Å². The second kappa shape index (κ2) is 4.89. The van der Waals surface area contributed by atoms with Crippen molar-refractivity contribution in [1.82, 2.24) is 9.97 Å². The number of carbonyl (C=O) groups is 1. The van der Waals surface area contributed by atoms with E-state index in [1.807, 2.05) is 0 Å². The first kappa shape index (κ1) is 12.1. The van der Waals surface area contributed by atoms with Crippen LogP contribution in [0.2, 0.25) is 5.28 Å². The van der Waals surface area contributed by atoms with Crippen molar-refractivity contribution in [2.75, 3.05) is 5.32 Å². The molecule has 0 saturated heterocycles. The highest BCUT2D eigenvalue weighted by molar-refractivity contribution is 6.28. The number of hydrogen-bond donors (Lipinski definition) is 3. The van der Waals surface area contributed by atoms with Gasteiger partial charge in [0.2, 0.25) is 5.28 Å². The van der Waals surface area contributed by atoms with Gasteiger partial charge in [-0.05, 0) is 35.9 Å². The summed E-state index contributed by atoms with van der Waals surface area (Å²) >= 11 is 5.57. The Morgan fingerprint density at radius 1 is 1.28 bits per heavy atom. The van der Waals surface area contributed by atoms with Gasteiger partial charge >= 0.3 is 0 Å². The van der Waals surface area contributed by atoms with E-state index in [-0.39, 0.29) is 28.2 Å². The number of amides is 1. The van der Waals surface area contributed by atoms with Crippen molar-refractivity contribution in [1.29, 1.82) is 0 Å². The first-order chi connectivity index (χ1) is 8.56. The maximum absolute atomic E-state index is 11.8. The van der Waals surface area contributed by atoms with Crippen LogP contribution in [0.5, 0.6) is 11.5 Å². The molecule has 0 atom stereocenters. The number of aromatic nitrogens is 2. The maximum Gasteiger partial charge on any atom is 0.260 e. The molecule has 1 aromatic carbocycles. The molecule has 0 fully saturated rings. The first-order valence-electron chi connectivity index (χ1n) is 4.88. The molecule has 1 aromatic heterocycles. The zero-order valence-electron chi connectivity index (χ0n) is 8.96. The van der Waals surface area contributed by atoms with Crippen LogP contribution in [0.25, 0.3) is 0 Å². The molecule has 7 heteroatoms. The fraction of sp³-hybridized carbons (Fsp3) is 0. The maximum atomic E-state index is 11.8. The molecule has 0 aliphatic heterocycles. The molecule has 2 aromatic rings. The minimum atomic E-state index is -0.613. The third kappa shape index (κ3) is 2.67. The number of rotatable bonds is 2. The van der Waals surface area contributed by atoms with Gasteiger partial charge in [0.1, 0.15) is 17.3 Å². The van der Waals surface area contributed by atoms with Crippen molar-refractivity contribution in [3.63, 3.8) is 0 Å². The number of aromatic hydroxyl groups is 2. The Labute approximate surface area is 107 Å². The molecule has 0 spiro atoms. The summed E-state index contributed by atoms with van der Waals surface area (Å²) in [6, 6.07) is 5.09. The molecule has 0 aliphatic carbocycles. The fourth-order valence-corrected chi connectivity index (χ4v) is 1.44. The Bertz CT molecular complexity index is 604. The van der Waals surface area contributed by atoms with Crippen LogP contribution in [0.3, 0.4) is 0 Å². The number of nitrogens with one attached hydrogen (secondary N) is 1. The quantitative estimate of drug-likeness (QED) is 0.568. The SMILES string of the molecule is O=C(Nc1ccnc(Cl)n1)c1cc(O)ccc1O. The van der Waals surface area contributed by atoms with Gasteiger partial charge in [-0.1, -0.05) is 0 Å². The average molecular weight is 266 g/mol. The van der Waals surface area contributed by atoms with Crippen LogP contribution in [-0.2, 0) is 0 Å². The number of halogens is 1. The van der Waals surface area contributed by atoms with E-state index < -0.39 is 5.91 Å². The third-order valence-electron chi connectivity index (χ3n) is 2.09. The van der Waals surface area contributed by atoms with E-state index in [0.29, 0.717) is 0 Å². The molecule has 92 valence electrons. The molecule has 0 radical (unpaired) electrons. The Hall–Kier alpha value is -2.34. The molecule has 1 amide bonds. The molecule has 0 saturated carbocycles. The van der Waals surface area contributed by atoms with E-state index in [9.17, 15) is 15.0 Å². The van der Waals surface area contributed by atoms with E-state index >= 15 is 0 Å². The number of benzene rings is 1. The summed E-state index contributed by atoms with van der Waals surface area (Å²) in [4.78, 5) is 19.2. The van der Waals surface area contributed by atoms with Gasteiger partial charge in [-0.15, -0.1) is 0 Å². The van der Waals surface area contributed by atoms with Crippen LogP contribution < -0.4 is 5.32 Å². The lowest BCUT2D eigenvalue weighted by molar-refractivity contribution is 0.102. The number of nitrogens with zero attached hydrogens (tertiary/aromatic N) is 2. The lowest BCUT2D eigenvalue weighted by Crippen LogP contribution is -2.13. The van der Waals surface area contributed by atoms with Gasteiger partial charge in [-0.25, -0.2) is 9.97 Å². The summed E-state index contributed by atoms with van der Waals surface area (Å²) in [6.45, 7) is 0. The van der Waals surface area contributed by atoms with Gasteiger partial charge in [0, 0.05) is 6.20 Å². The fourth-order valence-electron chi connectivity index (χ4n) is 1.29. The lowest BCUT2D eigenvalue weighted by atomic mass is 10.2. The van der Waals surface area contributed by atoms with Gasteiger partial charge in [0.05, 0.1) is 5.56 Å². The zero-order chi connectivity index (χ0) is 13.1. The zero-order valence-corrected chi connectivity index (χ0v) is 9.72. The minimum Gasteiger partial charge on any atom is -0.508 e. The average Bonchev–Trinajstić information content (AvgIpc) is 2.32. The highest BCUT2D eigenvalue weighted by Crippen LogP contribution is 2.22. The smallest absolute Gasteiger partial charge is 0.260 e. The van der Waals surface area contributed by atoms with E-state index in [0.717, 1.165) is 6.07 Å². The predicted molar refractivity (Wildman–Crippen MR) is 64.8 cm³/mol. The number of carbonyl (C=O) groups excluding carboxylic acids is 1. The Morgan fingerprint density at radius 3 is 2.78 bits per heavy atom. The van der Waals surface area contributed by atoms with Crippen LogP contribution in [0.4, 0.5) is 5.82 Å². The normalized spacial score (nSPS) is 10.1. The summed E-state index contributed by atoms with van der Waals surface area (Å²) in [5.74, 6) is -0.787. The molecule has 2 rings (SSSR count). The van der Waals surface area contributed by atoms with E-state index in [4.69, 9.17) is 11.6 Å². The Morgan fingerprint density at radius 2 is 2.06 bits per heavy atom. The number of anilines is 1. The minimum absolute atomic E-state index is 0.00655. The van der Waals surface area contributed by atoms with Crippen molar-refractivity contribution in [2.45, 2.75) is 0 Å². The van der Waals surface area contributed by atoms with E-state index in [1.54, 1.807) is 0 Å². The van der Waals surface area contributed by atoms with Crippen LogP contribution in [0.15, 0.2) is 30.5 Å². The molecule has 18 heavy (non-hydrogen) atoms. The van der Waals surface area contributed by atoms with Crippen molar-refractivity contribution in [3.05, 3.63) is 41.3 Å². The van der Waals surface area contributed by atoms with Crippen molar-refractivity contribution < 1.29 is 15.0 Å². The first-order valence-corrected chi connectivity index (χ1v) is 5.26. The number of phenolic OH excluding ortho intramolecular Hbond substituents is 2. The lowest BCUT2D eigenvalue weighted by Gasteiger charge is -2.06. The summed E-state index contributed by atoms with van der Waals surface area (Å²) in [5.41, 5.74) is -0.0651. The molecule has 0 aliphatic rings. The topological polar surface area (TPSA) is 95.3 Å². The van der Waals surface area contributed by atoms with Gasteiger partial charge in [0.25, 0.3) is 5.91 Å². The van der Waals surface area contributed by atoms with Crippen molar-refractivity contribution in [3.8, 4) is 11.5 Å². The van der Waals surface area contributed by atoms with Gasteiger partial charge in [-0.2, -0.15) is 0 Å². The van der Waals surface area contributed by atoms with Crippen LogP contribution >= 0.6 is 11.6 Å². The second-order valence-corrected chi connectivity index (χ2v) is 3.70. The molecular weight excluding hydrogens is 258 g/mol. The Kier molecular flexibility index (Phi) is 3.29. The predicted octanol–water partition coefficient (Wildman–Crippen LogP) is 1.79. The Balaban J connectivity index is 2.24. The van der Waals surface area contributed by atoms with Gasteiger partial charge < -0.3 is 15.5 Å². The van der Waals surface area contributed by atoms with E-state index in [1.165, 1.54) is 24.4 Å². The number of hydrogen-bond acceptors (Lipinski definition) is 5. The van der Waals surface area contributed by atoms with Crippen LogP contribution in [0, 0.1) is 0 Å². The molecular formula is C11H8ClN3O3. The molecule has 1 heterocycles. The van der Waals surface area contributed by atoms with E-state index in [2.05, 4.69) is 15.3 Å². The standard InChI is InChI=1S/C11H8ClN3O3/c12-11-13-4-3-9(15-11)14-10(18)7-5-6(16)1-2-8(7)17/h1-5,16-17H,(H,13,14,15,18). The van der Waals surface area contributed by atoms with Crippen LogP contribution in [-0.4, -0.2) is 26.1 Å². The number of phenols is 2.